The van der Waals surface area contributed by atoms with Gasteiger partial charge in [0.05, 0.1) is 25.7 Å². The lowest BCUT2D eigenvalue weighted by atomic mass is 9.73. The molecule has 1 unspecified atom stereocenters. The standard InChI is InChI=1S/C25H32N2O4/c1-26-20-8-5-4-7-19(20)25(24(26)29)12-15-27(16-13-25)14-6-9-21(28)18-10-11-22(30-2)23(17-18)31-3/h4-5,7-8,10-11,17,21,28H,6,9,12-16H2,1-3H3. The van der Waals surface area contributed by atoms with Crippen LogP contribution >= 0.6 is 0 Å². The lowest BCUT2D eigenvalue weighted by Gasteiger charge is -2.38. The number of para-hydroxylation sites is 1. The molecule has 0 aliphatic carbocycles. The molecule has 0 bridgehead atoms. The Labute approximate surface area is 184 Å². The van der Waals surface area contributed by atoms with Crippen molar-refractivity contribution in [2.24, 2.45) is 0 Å². The average molecular weight is 425 g/mol. The van der Waals surface area contributed by atoms with Crippen LogP contribution in [-0.2, 0) is 10.2 Å². The van der Waals surface area contributed by atoms with Crippen molar-refractivity contribution in [3.8, 4) is 11.5 Å². The van der Waals surface area contributed by atoms with E-state index in [1.165, 1.54) is 5.56 Å². The molecule has 2 aliphatic heterocycles. The van der Waals surface area contributed by atoms with Gasteiger partial charge in [-0.15, -0.1) is 0 Å². The number of likely N-dealkylation sites (tertiary alicyclic amines) is 1. The summed E-state index contributed by atoms with van der Waals surface area (Å²) in [5.41, 5.74) is 2.72. The zero-order valence-electron chi connectivity index (χ0n) is 18.6. The Kier molecular flexibility index (Phi) is 6.21. The third-order valence-corrected chi connectivity index (χ3v) is 6.95. The Bertz CT molecular complexity index is 937. The molecular formula is C25H32N2O4. The second kappa shape index (κ2) is 8.89. The quantitative estimate of drug-likeness (QED) is 0.737. The molecule has 0 aromatic heterocycles. The topological polar surface area (TPSA) is 62.2 Å². The molecule has 2 heterocycles. The van der Waals surface area contributed by atoms with Crippen LogP contribution in [0.5, 0.6) is 11.5 Å². The molecule has 31 heavy (non-hydrogen) atoms. The summed E-state index contributed by atoms with van der Waals surface area (Å²) in [5, 5.41) is 10.6. The van der Waals surface area contributed by atoms with Crippen molar-refractivity contribution in [3.05, 3.63) is 53.6 Å². The SMILES string of the molecule is COc1ccc(C(O)CCCN2CCC3(CC2)C(=O)N(C)c2ccccc23)cc1OC. The number of hydrogen-bond acceptors (Lipinski definition) is 5. The highest BCUT2D eigenvalue weighted by Gasteiger charge is 2.50. The van der Waals surface area contributed by atoms with E-state index in [2.05, 4.69) is 11.0 Å². The highest BCUT2D eigenvalue weighted by atomic mass is 16.5. The summed E-state index contributed by atoms with van der Waals surface area (Å²) >= 11 is 0. The number of aliphatic hydroxyl groups excluding tert-OH is 1. The van der Waals surface area contributed by atoms with E-state index in [9.17, 15) is 9.90 Å². The molecule has 6 nitrogen and oxygen atoms in total. The number of aliphatic hydroxyl groups is 1. The predicted octanol–water partition coefficient (Wildman–Crippen LogP) is 3.53. The van der Waals surface area contributed by atoms with Gasteiger partial charge < -0.3 is 24.4 Å². The van der Waals surface area contributed by atoms with E-state index in [0.29, 0.717) is 17.9 Å². The fourth-order valence-electron chi connectivity index (χ4n) is 5.09. The Balaban J connectivity index is 1.31. The van der Waals surface area contributed by atoms with Crippen molar-refractivity contribution in [1.29, 1.82) is 0 Å². The van der Waals surface area contributed by atoms with Crippen LogP contribution in [0.4, 0.5) is 5.69 Å². The first-order valence-corrected chi connectivity index (χ1v) is 11.0. The third kappa shape index (κ3) is 3.90. The monoisotopic (exact) mass is 424 g/mol. The molecule has 4 rings (SSSR count). The van der Waals surface area contributed by atoms with Crippen LogP contribution in [0.2, 0.25) is 0 Å². The Morgan fingerprint density at radius 2 is 1.77 bits per heavy atom. The molecule has 1 saturated heterocycles. The summed E-state index contributed by atoms with van der Waals surface area (Å²) in [6.07, 6.45) is 2.75. The number of carbonyl (C=O) groups excluding carboxylic acids is 1. The van der Waals surface area contributed by atoms with E-state index in [4.69, 9.17) is 9.47 Å². The summed E-state index contributed by atoms with van der Waals surface area (Å²) in [7, 11) is 5.09. The molecule has 1 spiro atoms. The normalized spacial score (nSPS) is 18.8. The second-order valence-corrected chi connectivity index (χ2v) is 8.58. The van der Waals surface area contributed by atoms with Crippen molar-refractivity contribution in [3.63, 3.8) is 0 Å². The predicted molar refractivity (Wildman–Crippen MR) is 121 cm³/mol. The lowest BCUT2D eigenvalue weighted by Crippen LogP contribution is -2.48. The summed E-state index contributed by atoms with van der Waals surface area (Å²) in [6, 6.07) is 13.8. The van der Waals surface area contributed by atoms with Crippen molar-refractivity contribution >= 4 is 11.6 Å². The van der Waals surface area contributed by atoms with Gasteiger partial charge in [-0.2, -0.15) is 0 Å². The summed E-state index contributed by atoms with van der Waals surface area (Å²) in [5.74, 6) is 1.53. The number of rotatable bonds is 7. The van der Waals surface area contributed by atoms with Crippen LogP contribution in [-0.4, -0.2) is 56.8 Å². The number of amides is 1. The van der Waals surface area contributed by atoms with E-state index >= 15 is 0 Å². The van der Waals surface area contributed by atoms with Crippen LogP contribution in [0.15, 0.2) is 42.5 Å². The van der Waals surface area contributed by atoms with E-state index < -0.39 is 6.10 Å². The first kappa shape index (κ1) is 21.7. The minimum atomic E-state index is -0.534. The van der Waals surface area contributed by atoms with Gasteiger partial charge in [0.1, 0.15) is 0 Å². The molecule has 1 atom stereocenters. The number of carbonyl (C=O) groups is 1. The molecule has 2 aromatic rings. The van der Waals surface area contributed by atoms with Gasteiger partial charge in [-0.1, -0.05) is 24.3 Å². The van der Waals surface area contributed by atoms with Gasteiger partial charge in [0.2, 0.25) is 5.91 Å². The lowest BCUT2D eigenvalue weighted by molar-refractivity contribution is -0.124. The van der Waals surface area contributed by atoms with Crippen LogP contribution < -0.4 is 14.4 Å². The van der Waals surface area contributed by atoms with E-state index in [-0.39, 0.29) is 11.3 Å². The minimum Gasteiger partial charge on any atom is -0.493 e. The molecule has 1 fully saturated rings. The number of hydrogen-bond donors (Lipinski definition) is 1. The van der Waals surface area contributed by atoms with Crippen LogP contribution in [0.3, 0.4) is 0 Å². The number of anilines is 1. The fourth-order valence-corrected chi connectivity index (χ4v) is 5.09. The number of nitrogens with zero attached hydrogens (tertiary/aromatic N) is 2. The smallest absolute Gasteiger partial charge is 0.237 e. The van der Waals surface area contributed by atoms with Crippen molar-refractivity contribution in [2.75, 3.05) is 45.8 Å². The van der Waals surface area contributed by atoms with Gasteiger partial charge in [0.15, 0.2) is 11.5 Å². The zero-order valence-corrected chi connectivity index (χ0v) is 18.6. The first-order chi connectivity index (χ1) is 15.0. The van der Waals surface area contributed by atoms with E-state index in [0.717, 1.165) is 50.1 Å². The maximum atomic E-state index is 13.1. The zero-order chi connectivity index (χ0) is 22.0. The number of piperidine rings is 1. The number of benzene rings is 2. The summed E-state index contributed by atoms with van der Waals surface area (Å²) < 4.78 is 10.6. The molecule has 2 aromatic carbocycles. The number of fused-ring (bicyclic) bond motifs is 2. The van der Waals surface area contributed by atoms with Gasteiger partial charge in [-0.25, -0.2) is 0 Å². The highest BCUT2D eigenvalue weighted by molar-refractivity contribution is 6.07. The molecule has 1 amide bonds. The maximum Gasteiger partial charge on any atom is 0.237 e. The van der Waals surface area contributed by atoms with Gasteiger partial charge in [-0.3, -0.25) is 4.79 Å². The largest absolute Gasteiger partial charge is 0.493 e. The molecule has 0 saturated carbocycles. The molecule has 0 radical (unpaired) electrons. The number of likely N-dealkylation sites (N-methyl/N-ethyl adjacent to an activating group) is 1. The van der Waals surface area contributed by atoms with Crippen LogP contribution in [0, 0.1) is 0 Å². The van der Waals surface area contributed by atoms with E-state index in [1.54, 1.807) is 14.2 Å². The van der Waals surface area contributed by atoms with Gasteiger partial charge >= 0.3 is 0 Å². The molecular weight excluding hydrogens is 392 g/mol. The molecule has 166 valence electrons. The molecule has 6 heteroatoms. The Morgan fingerprint density at radius 3 is 2.48 bits per heavy atom. The fraction of sp³-hybridized carbons (Fsp3) is 0.480. The van der Waals surface area contributed by atoms with Crippen LogP contribution in [0.1, 0.15) is 42.9 Å². The third-order valence-electron chi connectivity index (χ3n) is 6.95. The van der Waals surface area contributed by atoms with Crippen molar-refractivity contribution in [2.45, 2.75) is 37.2 Å². The summed E-state index contributed by atoms with van der Waals surface area (Å²) in [4.78, 5) is 17.3. The highest BCUT2D eigenvalue weighted by Crippen LogP contribution is 2.47. The van der Waals surface area contributed by atoms with Gasteiger partial charge in [0.25, 0.3) is 0 Å². The minimum absolute atomic E-state index is 0.234. The van der Waals surface area contributed by atoms with Gasteiger partial charge in [0, 0.05) is 12.7 Å². The van der Waals surface area contributed by atoms with Crippen LogP contribution in [0.25, 0.3) is 0 Å². The van der Waals surface area contributed by atoms with Crippen molar-refractivity contribution < 1.29 is 19.4 Å². The molecule has 2 aliphatic rings. The first-order valence-electron chi connectivity index (χ1n) is 11.0. The maximum absolute atomic E-state index is 13.1. The number of methoxy groups -OCH3 is 2. The average Bonchev–Trinajstić information content (AvgIpc) is 3.02. The molecule has 1 N–H and O–H groups in total. The van der Waals surface area contributed by atoms with E-state index in [1.807, 2.05) is 48.3 Å². The summed E-state index contributed by atoms with van der Waals surface area (Å²) in [6.45, 7) is 2.73. The second-order valence-electron chi connectivity index (χ2n) is 8.58. The Hall–Kier alpha value is -2.57. The van der Waals surface area contributed by atoms with Gasteiger partial charge in [-0.05, 0) is 74.6 Å². The Morgan fingerprint density at radius 1 is 1.06 bits per heavy atom. The van der Waals surface area contributed by atoms with Crippen molar-refractivity contribution in [1.82, 2.24) is 4.90 Å². The number of ether oxygens (including phenoxy) is 2.